The van der Waals surface area contributed by atoms with Gasteiger partial charge >= 0.3 is 5.97 Å². The van der Waals surface area contributed by atoms with Gasteiger partial charge < -0.3 is 23.1 Å². The lowest BCUT2D eigenvalue weighted by molar-refractivity contribution is -0.153. The van der Waals surface area contributed by atoms with Crippen LogP contribution in [0.25, 0.3) is 0 Å². The molecule has 0 saturated heterocycles. The van der Waals surface area contributed by atoms with Crippen molar-refractivity contribution in [2.45, 2.75) is 124 Å². The zero-order valence-corrected chi connectivity index (χ0v) is 35.2. The molecule has 0 aliphatic heterocycles. The van der Waals surface area contributed by atoms with E-state index < -0.39 is 22.0 Å². The van der Waals surface area contributed by atoms with Crippen LogP contribution < -0.4 is 10.4 Å². The third-order valence-electron chi connectivity index (χ3n) is 9.83. The van der Waals surface area contributed by atoms with E-state index in [0.717, 1.165) is 6.42 Å². The second-order valence-electron chi connectivity index (χ2n) is 17.2. The van der Waals surface area contributed by atoms with Gasteiger partial charge in [0.15, 0.2) is 14.6 Å². The molecule has 2 aromatic carbocycles. The molecule has 276 valence electrons. The van der Waals surface area contributed by atoms with Gasteiger partial charge in [-0.3, -0.25) is 4.79 Å². The van der Waals surface area contributed by atoms with Crippen molar-refractivity contribution in [1.29, 1.82) is 0 Å². The lowest BCUT2D eigenvalue weighted by atomic mass is 9.92. The minimum atomic E-state index is -2.65. The summed E-state index contributed by atoms with van der Waals surface area (Å²) in [5.41, 5.74) is -0.543. The maximum atomic E-state index is 12.5. The molecule has 8 heteroatoms. The molecule has 0 unspecified atom stereocenters. The van der Waals surface area contributed by atoms with Gasteiger partial charge in [-0.25, -0.2) is 0 Å². The van der Waals surface area contributed by atoms with Crippen LogP contribution in [-0.2, 0) is 27.9 Å². The fraction of sp³-hybridized carbons (Fsp3) is 0.634. The van der Waals surface area contributed by atoms with Crippen molar-refractivity contribution in [3.63, 3.8) is 0 Å². The predicted octanol–water partition coefficient (Wildman–Crippen LogP) is 9.14. The maximum Gasteiger partial charge on any atom is 0.311 e. The van der Waals surface area contributed by atoms with Gasteiger partial charge in [0, 0.05) is 33.7 Å². The fourth-order valence-electron chi connectivity index (χ4n) is 5.92. The van der Waals surface area contributed by atoms with E-state index in [1.165, 1.54) is 10.4 Å². The van der Waals surface area contributed by atoms with Crippen LogP contribution in [0.2, 0.25) is 23.2 Å². The number of rotatable bonds is 18. The Kier molecular flexibility index (Phi) is 16.2. The molecule has 2 rings (SSSR count). The minimum Gasteiger partial charge on any atom is -0.465 e. The Morgan fingerprint density at radius 2 is 1.27 bits per heavy atom. The lowest BCUT2D eigenvalue weighted by Gasteiger charge is -2.43. The Morgan fingerprint density at radius 3 is 1.69 bits per heavy atom. The van der Waals surface area contributed by atoms with Crippen molar-refractivity contribution in [3.8, 4) is 0 Å². The average molecular weight is 713 g/mol. The Bertz CT molecular complexity index is 1230. The standard InChI is InChI=1S/C41H68O6Si2/c1-32(31-46-49(41(8,9)10,35-21-17-15-18-22-35)36-23-19-16-20-24-36)29-33(30-37(43-11)44-12)25-26-34(47-48(13,14)40(5,6)7)27-28-45-38(42)39(2,3)4/h15-26,32-34,37H,27-31H2,1-14H3/b26-25+/t32-,33+,34+/m1/s1. The van der Waals surface area contributed by atoms with Gasteiger partial charge in [0.2, 0.25) is 0 Å². The molecule has 0 aliphatic carbocycles. The van der Waals surface area contributed by atoms with E-state index in [-0.39, 0.29) is 40.3 Å². The van der Waals surface area contributed by atoms with Crippen molar-refractivity contribution in [1.82, 2.24) is 0 Å². The zero-order valence-electron chi connectivity index (χ0n) is 33.2. The van der Waals surface area contributed by atoms with Crippen LogP contribution >= 0.6 is 0 Å². The van der Waals surface area contributed by atoms with E-state index in [1.54, 1.807) is 14.2 Å². The molecule has 0 aliphatic rings. The Balaban J connectivity index is 2.39. The van der Waals surface area contributed by atoms with E-state index in [1.807, 2.05) is 20.8 Å². The summed E-state index contributed by atoms with van der Waals surface area (Å²) in [7, 11) is -1.37. The summed E-state index contributed by atoms with van der Waals surface area (Å²) in [6, 6.07) is 21.6. The number of hydrogen-bond donors (Lipinski definition) is 0. The topological polar surface area (TPSA) is 63.2 Å². The normalized spacial score (nSPS) is 15.4. The number of ether oxygens (including phenoxy) is 3. The molecular formula is C41H68O6Si2. The highest BCUT2D eigenvalue weighted by Gasteiger charge is 2.50. The van der Waals surface area contributed by atoms with E-state index >= 15 is 0 Å². The van der Waals surface area contributed by atoms with Crippen molar-refractivity contribution in [2.75, 3.05) is 27.4 Å². The summed E-state index contributed by atoms with van der Waals surface area (Å²) in [5.74, 6) is 0.224. The first-order valence-corrected chi connectivity index (χ1v) is 22.8. The largest absolute Gasteiger partial charge is 0.465 e. The summed E-state index contributed by atoms with van der Waals surface area (Å²) in [6.07, 6.45) is 6.15. The number of esters is 1. The summed E-state index contributed by atoms with van der Waals surface area (Å²) >= 11 is 0. The van der Waals surface area contributed by atoms with Gasteiger partial charge in [-0.15, -0.1) is 0 Å². The van der Waals surface area contributed by atoms with E-state index in [2.05, 4.69) is 134 Å². The van der Waals surface area contributed by atoms with Crippen LogP contribution in [0.4, 0.5) is 0 Å². The summed E-state index contributed by atoms with van der Waals surface area (Å²) in [5, 5.41) is 2.53. The maximum absolute atomic E-state index is 12.5. The van der Waals surface area contributed by atoms with Crippen LogP contribution in [0.15, 0.2) is 72.8 Å². The number of methoxy groups -OCH3 is 2. The second-order valence-corrected chi connectivity index (χ2v) is 26.3. The molecular weight excluding hydrogens is 645 g/mol. The smallest absolute Gasteiger partial charge is 0.311 e. The first-order valence-electron chi connectivity index (χ1n) is 18.0. The van der Waals surface area contributed by atoms with Gasteiger partial charge in [0.05, 0.1) is 18.1 Å². The molecule has 0 saturated carbocycles. The van der Waals surface area contributed by atoms with E-state index in [0.29, 0.717) is 26.1 Å². The molecule has 3 atom stereocenters. The Morgan fingerprint density at radius 1 is 0.755 bits per heavy atom. The molecule has 0 fully saturated rings. The third kappa shape index (κ3) is 12.6. The molecule has 0 bridgehead atoms. The summed E-state index contributed by atoms with van der Waals surface area (Å²) in [4.78, 5) is 12.5. The van der Waals surface area contributed by atoms with E-state index in [9.17, 15) is 4.79 Å². The number of carbonyl (C=O) groups excluding carboxylic acids is 1. The molecule has 2 aromatic rings. The highest BCUT2D eigenvalue weighted by Crippen LogP contribution is 2.39. The highest BCUT2D eigenvalue weighted by atomic mass is 28.4. The molecule has 6 nitrogen and oxygen atoms in total. The number of benzene rings is 2. The molecule has 0 amide bonds. The lowest BCUT2D eigenvalue weighted by Crippen LogP contribution is -2.66. The highest BCUT2D eigenvalue weighted by molar-refractivity contribution is 6.99. The monoisotopic (exact) mass is 712 g/mol. The third-order valence-corrected chi connectivity index (χ3v) is 19.3. The van der Waals surface area contributed by atoms with E-state index in [4.69, 9.17) is 23.1 Å². The first-order chi connectivity index (χ1) is 22.7. The SMILES string of the molecule is COC(C[C@@H](/C=C/[C@@H](CCOC(=O)C(C)(C)C)O[Si](C)(C)C(C)(C)C)C[C@@H](C)CO[Si](c1ccccc1)(c1ccccc1)C(C)(C)C)OC. The van der Waals surface area contributed by atoms with Gasteiger partial charge in [0.25, 0.3) is 8.32 Å². The zero-order chi connectivity index (χ0) is 37.1. The summed E-state index contributed by atoms with van der Waals surface area (Å²) in [6.45, 7) is 27.1. The second kappa shape index (κ2) is 18.4. The van der Waals surface area contributed by atoms with Crippen LogP contribution in [0.3, 0.4) is 0 Å². The molecule has 0 heterocycles. The van der Waals surface area contributed by atoms with Gasteiger partial charge in [-0.2, -0.15) is 0 Å². The molecule has 0 radical (unpaired) electrons. The van der Waals surface area contributed by atoms with Crippen LogP contribution in [0.5, 0.6) is 0 Å². The fourth-order valence-corrected chi connectivity index (χ4v) is 11.9. The Hall–Kier alpha value is -2.08. The van der Waals surface area contributed by atoms with Crippen LogP contribution in [0.1, 0.15) is 88.5 Å². The summed E-state index contributed by atoms with van der Waals surface area (Å²) < 4.78 is 31.2. The van der Waals surface area contributed by atoms with Gasteiger partial charge in [-0.05, 0) is 72.6 Å². The molecule has 0 spiro atoms. The average Bonchev–Trinajstić information content (AvgIpc) is 3.01. The quantitative estimate of drug-likeness (QED) is 0.0665. The number of carbonyl (C=O) groups is 1. The van der Waals surface area contributed by atoms with Crippen LogP contribution in [-0.4, -0.2) is 62.4 Å². The molecule has 0 N–H and O–H groups in total. The van der Waals surface area contributed by atoms with Crippen LogP contribution in [0, 0.1) is 17.3 Å². The van der Waals surface area contributed by atoms with Crippen molar-refractivity contribution in [3.05, 3.63) is 72.8 Å². The molecule has 0 aromatic heterocycles. The minimum absolute atomic E-state index is 0.0462. The van der Waals surface area contributed by atoms with Crippen molar-refractivity contribution >= 4 is 33.0 Å². The Labute approximate surface area is 301 Å². The van der Waals surface area contributed by atoms with Gasteiger partial charge in [0.1, 0.15) is 0 Å². The van der Waals surface area contributed by atoms with Crippen molar-refractivity contribution < 1.29 is 27.9 Å². The van der Waals surface area contributed by atoms with Gasteiger partial charge in [-0.1, -0.05) is 121 Å². The first kappa shape index (κ1) is 43.1. The number of allylic oxidation sites excluding steroid dienone is 1. The van der Waals surface area contributed by atoms with Crippen molar-refractivity contribution in [2.24, 2.45) is 17.3 Å². The molecule has 49 heavy (non-hydrogen) atoms. The predicted molar refractivity (Wildman–Crippen MR) is 210 cm³/mol. The number of hydrogen-bond acceptors (Lipinski definition) is 6.